The van der Waals surface area contributed by atoms with E-state index in [1.54, 1.807) is 0 Å². The fraction of sp³-hybridized carbons (Fsp3) is 0.778. The molecule has 1 atom stereocenters. The van der Waals surface area contributed by atoms with E-state index in [1.165, 1.54) is 19.3 Å². The van der Waals surface area contributed by atoms with Crippen molar-refractivity contribution in [3.63, 3.8) is 0 Å². The van der Waals surface area contributed by atoms with E-state index in [0.717, 1.165) is 12.5 Å². The molecule has 0 aliphatic rings. The van der Waals surface area contributed by atoms with Gasteiger partial charge < -0.3 is 5.73 Å². The van der Waals surface area contributed by atoms with Gasteiger partial charge in [-0.1, -0.05) is 25.5 Å². The largest absolute Gasteiger partial charge is 0.330 e. The predicted molar refractivity (Wildman–Crippen MR) is 46.9 cm³/mol. The van der Waals surface area contributed by atoms with Crippen LogP contribution in [0.15, 0.2) is 12.2 Å². The van der Waals surface area contributed by atoms with Crippen molar-refractivity contribution in [1.29, 1.82) is 0 Å². The molecule has 0 bridgehead atoms. The van der Waals surface area contributed by atoms with Crippen LogP contribution < -0.4 is 5.73 Å². The molecule has 0 fully saturated rings. The molecule has 0 amide bonds. The van der Waals surface area contributed by atoms with Crippen molar-refractivity contribution >= 4 is 0 Å². The fourth-order valence-corrected chi connectivity index (χ4v) is 1.05. The lowest BCUT2D eigenvalue weighted by Crippen LogP contribution is -2.06. The van der Waals surface area contributed by atoms with Gasteiger partial charge in [-0.15, -0.1) is 0 Å². The maximum Gasteiger partial charge on any atom is -0.00745 e. The lowest BCUT2D eigenvalue weighted by molar-refractivity contribution is 0.483. The third-order valence-electron chi connectivity index (χ3n) is 1.86. The first kappa shape index (κ1) is 9.70. The maximum absolute atomic E-state index is 5.45. The van der Waals surface area contributed by atoms with Gasteiger partial charge in [0.05, 0.1) is 0 Å². The van der Waals surface area contributed by atoms with Crippen LogP contribution in [0.3, 0.4) is 0 Å². The molecule has 1 nitrogen and oxygen atoms in total. The van der Waals surface area contributed by atoms with E-state index < -0.39 is 0 Å². The van der Waals surface area contributed by atoms with Crippen molar-refractivity contribution in [2.45, 2.75) is 33.1 Å². The normalized spacial score (nSPS) is 14.3. The summed E-state index contributed by atoms with van der Waals surface area (Å²) >= 11 is 0. The first-order valence-electron chi connectivity index (χ1n) is 4.16. The smallest absolute Gasteiger partial charge is 0.00745 e. The Labute approximate surface area is 64.3 Å². The van der Waals surface area contributed by atoms with Gasteiger partial charge in [-0.25, -0.2) is 0 Å². The summed E-state index contributed by atoms with van der Waals surface area (Å²) in [6, 6.07) is 0. The van der Waals surface area contributed by atoms with E-state index in [9.17, 15) is 0 Å². The SMILES string of the molecule is C/C=C\C[C@@H](CC)CCN. The topological polar surface area (TPSA) is 26.0 Å². The molecule has 0 radical (unpaired) electrons. The second kappa shape index (κ2) is 6.81. The average molecular weight is 141 g/mol. The number of hydrogen-bond donors (Lipinski definition) is 1. The minimum Gasteiger partial charge on any atom is -0.330 e. The molecule has 0 rings (SSSR count). The predicted octanol–water partition coefficient (Wildman–Crippen LogP) is 2.33. The van der Waals surface area contributed by atoms with E-state index in [-0.39, 0.29) is 0 Å². The number of nitrogens with two attached hydrogens (primary N) is 1. The molecular weight excluding hydrogens is 122 g/mol. The van der Waals surface area contributed by atoms with Gasteiger partial charge in [0, 0.05) is 0 Å². The molecular formula is C9H19N. The maximum atomic E-state index is 5.45. The van der Waals surface area contributed by atoms with Gasteiger partial charge in [-0.3, -0.25) is 0 Å². The van der Waals surface area contributed by atoms with Crippen molar-refractivity contribution in [3.05, 3.63) is 12.2 Å². The highest BCUT2D eigenvalue weighted by atomic mass is 14.5. The molecule has 1 heteroatoms. The van der Waals surface area contributed by atoms with Crippen LogP contribution in [0.4, 0.5) is 0 Å². The fourth-order valence-electron chi connectivity index (χ4n) is 1.05. The zero-order valence-corrected chi connectivity index (χ0v) is 7.14. The third-order valence-corrected chi connectivity index (χ3v) is 1.86. The molecule has 0 heterocycles. The zero-order valence-electron chi connectivity index (χ0n) is 7.14. The molecule has 60 valence electrons. The average Bonchev–Trinajstić information content (AvgIpc) is 1.98. The molecule has 0 aromatic rings. The number of hydrogen-bond acceptors (Lipinski definition) is 1. The van der Waals surface area contributed by atoms with Crippen LogP contribution in [0.5, 0.6) is 0 Å². The van der Waals surface area contributed by atoms with Crippen LogP contribution in [0.1, 0.15) is 33.1 Å². The van der Waals surface area contributed by atoms with E-state index in [0.29, 0.717) is 0 Å². The molecule has 0 aromatic heterocycles. The highest BCUT2D eigenvalue weighted by molar-refractivity contribution is 4.79. The molecule has 0 unspecified atom stereocenters. The van der Waals surface area contributed by atoms with E-state index in [2.05, 4.69) is 26.0 Å². The van der Waals surface area contributed by atoms with Gasteiger partial charge in [-0.05, 0) is 32.2 Å². The Kier molecular flexibility index (Phi) is 6.61. The third kappa shape index (κ3) is 4.57. The van der Waals surface area contributed by atoms with Gasteiger partial charge in [0.2, 0.25) is 0 Å². The second-order valence-corrected chi connectivity index (χ2v) is 2.66. The van der Waals surface area contributed by atoms with Crippen LogP contribution in [0.2, 0.25) is 0 Å². The lowest BCUT2D eigenvalue weighted by Gasteiger charge is -2.09. The summed E-state index contributed by atoms with van der Waals surface area (Å²) in [7, 11) is 0. The van der Waals surface area contributed by atoms with E-state index in [1.807, 2.05) is 0 Å². The van der Waals surface area contributed by atoms with Crippen LogP contribution in [0.25, 0.3) is 0 Å². The van der Waals surface area contributed by atoms with Crippen LogP contribution in [-0.2, 0) is 0 Å². The van der Waals surface area contributed by atoms with Crippen molar-refractivity contribution in [3.8, 4) is 0 Å². The van der Waals surface area contributed by atoms with Crippen LogP contribution in [-0.4, -0.2) is 6.54 Å². The molecule has 0 aliphatic heterocycles. The highest BCUT2D eigenvalue weighted by Gasteiger charge is 2.00. The van der Waals surface area contributed by atoms with Crippen LogP contribution in [0, 0.1) is 5.92 Å². The van der Waals surface area contributed by atoms with Crippen LogP contribution >= 0.6 is 0 Å². The minimum atomic E-state index is 0.807. The zero-order chi connectivity index (χ0) is 7.82. The van der Waals surface area contributed by atoms with Gasteiger partial charge >= 0.3 is 0 Å². The van der Waals surface area contributed by atoms with E-state index in [4.69, 9.17) is 5.73 Å². The van der Waals surface area contributed by atoms with E-state index >= 15 is 0 Å². The Bertz CT molecular complexity index is 86.7. The summed E-state index contributed by atoms with van der Waals surface area (Å²) in [5.41, 5.74) is 5.45. The highest BCUT2D eigenvalue weighted by Crippen LogP contribution is 2.12. The Morgan fingerprint density at radius 3 is 2.60 bits per heavy atom. The van der Waals surface area contributed by atoms with Crippen molar-refractivity contribution in [1.82, 2.24) is 0 Å². The van der Waals surface area contributed by atoms with Crippen molar-refractivity contribution in [2.24, 2.45) is 11.7 Å². The first-order chi connectivity index (χ1) is 4.85. The molecule has 0 aliphatic carbocycles. The summed E-state index contributed by atoms with van der Waals surface area (Å²) in [4.78, 5) is 0. The van der Waals surface area contributed by atoms with Gasteiger partial charge in [0.15, 0.2) is 0 Å². The Morgan fingerprint density at radius 1 is 1.50 bits per heavy atom. The van der Waals surface area contributed by atoms with Crippen molar-refractivity contribution < 1.29 is 0 Å². The number of rotatable bonds is 5. The van der Waals surface area contributed by atoms with Gasteiger partial charge in [0.25, 0.3) is 0 Å². The van der Waals surface area contributed by atoms with Gasteiger partial charge in [-0.2, -0.15) is 0 Å². The standard InChI is InChI=1S/C9H19N/c1-3-5-6-9(4-2)7-8-10/h3,5,9H,4,6-8,10H2,1-2H3/b5-3-/t9-/m1/s1. The second-order valence-electron chi connectivity index (χ2n) is 2.66. The summed E-state index contributed by atoms with van der Waals surface area (Å²) in [5, 5.41) is 0. The van der Waals surface area contributed by atoms with Gasteiger partial charge in [0.1, 0.15) is 0 Å². The molecule has 0 spiro atoms. The summed E-state index contributed by atoms with van der Waals surface area (Å²) in [6.07, 6.45) is 7.95. The first-order valence-corrected chi connectivity index (χ1v) is 4.16. The molecule has 0 saturated heterocycles. The minimum absolute atomic E-state index is 0.807. The lowest BCUT2D eigenvalue weighted by atomic mass is 9.98. The number of allylic oxidation sites excluding steroid dienone is 2. The Balaban J connectivity index is 3.39. The monoisotopic (exact) mass is 141 g/mol. The summed E-state index contributed by atoms with van der Waals surface area (Å²) in [5.74, 6) is 0.807. The quantitative estimate of drug-likeness (QED) is 0.584. The Morgan fingerprint density at radius 2 is 2.20 bits per heavy atom. The summed E-state index contributed by atoms with van der Waals surface area (Å²) < 4.78 is 0. The molecule has 10 heavy (non-hydrogen) atoms. The summed E-state index contributed by atoms with van der Waals surface area (Å²) in [6.45, 7) is 5.12. The molecule has 0 aromatic carbocycles. The molecule has 2 N–H and O–H groups in total. The van der Waals surface area contributed by atoms with Crippen molar-refractivity contribution in [2.75, 3.05) is 6.54 Å². The Hall–Kier alpha value is -0.300. The molecule has 0 saturated carbocycles.